The lowest BCUT2D eigenvalue weighted by Crippen LogP contribution is -2.40. The Morgan fingerprint density at radius 1 is 0.793 bits per heavy atom. The van der Waals surface area contributed by atoms with E-state index in [2.05, 4.69) is 24.3 Å². The lowest BCUT2D eigenvalue weighted by molar-refractivity contribution is 0.0703. The highest BCUT2D eigenvalue weighted by atomic mass is 35.5. The topological polar surface area (TPSA) is 20.3 Å². The van der Waals surface area contributed by atoms with Gasteiger partial charge in [0.25, 0.3) is 5.91 Å². The number of hydrogen-bond acceptors (Lipinski definition) is 1. The van der Waals surface area contributed by atoms with Crippen molar-refractivity contribution in [1.82, 2.24) is 4.90 Å². The first-order valence-electron chi connectivity index (χ1n) is 9.42. The molecule has 4 aromatic carbocycles. The van der Waals surface area contributed by atoms with Crippen LogP contribution >= 0.6 is 23.2 Å². The summed E-state index contributed by atoms with van der Waals surface area (Å²) in [6, 6.07) is 29.3. The first kappa shape index (κ1) is 18.2. The summed E-state index contributed by atoms with van der Waals surface area (Å²) >= 11 is 13.4. The number of benzene rings is 4. The lowest BCUT2D eigenvalue weighted by atomic mass is 9.96. The summed E-state index contributed by atoms with van der Waals surface area (Å²) in [5.74, 6) is -0.0708. The third-order valence-corrected chi connectivity index (χ3v) is 6.44. The van der Waals surface area contributed by atoms with Crippen LogP contribution in [0.2, 0.25) is 5.02 Å². The Hall–Kier alpha value is -2.81. The van der Waals surface area contributed by atoms with Crippen LogP contribution < -0.4 is 0 Å². The van der Waals surface area contributed by atoms with Gasteiger partial charge in [0, 0.05) is 22.7 Å². The van der Waals surface area contributed by atoms with Gasteiger partial charge in [-0.15, -0.1) is 0 Å². The van der Waals surface area contributed by atoms with Gasteiger partial charge < -0.3 is 4.90 Å². The lowest BCUT2D eigenvalue weighted by Gasteiger charge is -2.34. The molecule has 0 aromatic heterocycles. The maximum atomic E-state index is 13.4. The van der Waals surface area contributed by atoms with Crippen LogP contribution in [0.15, 0.2) is 91.0 Å². The average Bonchev–Trinajstić information content (AvgIpc) is 2.97. The fourth-order valence-electron chi connectivity index (χ4n) is 4.15. The van der Waals surface area contributed by atoms with Crippen LogP contribution in [0.25, 0.3) is 10.8 Å². The number of carbonyl (C=O) groups excluding carboxylic acids is 1. The summed E-state index contributed by atoms with van der Waals surface area (Å²) in [6.45, 7) is 0.404. The van der Waals surface area contributed by atoms with Crippen molar-refractivity contribution < 1.29 is 4.79 Å². The molecule has 29 heavy (non-hydrogen) atoms. The summed E-state index contributed by atoms with van der Waals surface area (Å²) < 4.78 is 0. The van der Waals surface area contributed by atoms with Gasteiger partial charge in [0.05, 0.1) is 0 Å². The molecule has 1 aliphatic rings. The van der Waals surface area contributed by atoms with E-state index in [9.17, 15) is 4.79 Å². The smallest absolute Gasteiger partial charge is 0.256 e. The number of amides is 1. The summed E-state index contributed by atoms with van der Waals surface area (Å²) in [4.78, 5) is 14.1. The summed E-state index contributed by atoms with van der Waals surface area (Å²) in [7, 11) is 0. The zero-order valence-electron chi connectivity index (χ0n) is 15.5. The second kappa shape index (κ2) is 6.91. The van der Waals surface area contributed by atoms with E-state index in [0.717, 1.165) is 27.5 Å². The van der Waals surface area contributed by atoms with E-state index in [-0.39, 0.29) is 5.91 Å². The van der Waals surface area contributed by atoms with Crippen molar-refractivity contribution in [2.75, 3.05) is 0 Å². The Bertz CT molecular complexity index is 1230. The molecule has 0 saturated carbocycles. The molecule has 2 nitrogen and oxygen atoms in total. The number of halogens is 2. The molecule has 4 heteroatoms. The van der Waals surface area contributed by atoms with E-state index in [0.29, 0.717) is 17.1 Å². The van der Waals surface area contributed by atoms with E-state index in [1.165, 1.54) is 0 Å². The molecule has 1 unspecified atom stereocenters. The van der Waals surface area contributed by atoms with Crippen LogP contribution in [-0.4, -0.2) is 10.8 Å². The zero-order chi connectivity index (χ0) is 20.0. The van der Waals surface area contributed by atoms with Gasteiger partial charge in [-0.25, -0.2) is 0 Å². The second-order valence-electron chi connectivity index (χ2n) is 7.20. The van der Waals surface area contributed by atoms with Crippen molar-refractivity contribution in [2.24, 2.45) is 0 Å². The number of rotatable bonds is 3. The number of carbonyl (C=O) groups is 1. The van der Waals surface area contributed by atoms with Crippen LogP contribution in [-0.2, 0) is 11.5 Å². The Labute approximate surface area is 179 Å². The van der Waals surface area contributed by atoms with Crippen LogP contribution in [0.1, 0.15) is 27.0 Å². The van der Waals surface area contributed by atoms with E-state index < -0.39 is 5.00 Å². The summed E-state index contributed by atoms with van der Waals surface area (Å²) in [6.07, 6.45) is 0. The molecule has 0 fully saturated rings. The minimum Gasteiger partial charge on any atom is -0.307 e. The Morgan fingerprint density at radius 3 is 2.31 bits per heavy atom. The van der Waals surface area contributed by atoms with E-state index in [4.69, 9.17) is 23.2 Å². The third kappa shape index (κ3) is 2.83. The monoisotopic (exact) mass is 417 g/mol. The Balaban J connectivity index is 1.68. The molecule has 0 spiro atoms. The maximum Gasteiger partial charge on any atom is 0.256 e. The van der Waals surface area contributed by atoms with Gasteiger partial charge in [0.1, 0.15) is 0 Å². The van der Waals surface area contributed by atoms with Gasteiger partial charge in [-0.2, -0.15) is 0 Å². The van der Waals surface area contributed by atoms with Crippen molar-refractivity contribution in [3.8, 4) is 0 Å². The Kier molecular flexibility index (Phi) is 4.34. The van der Waals surface area contributed by atoms with Crippen LogP contribution in [0, 0.1) is 0 Å². The van der Waals surface area contributed by atoms with Gasteiger partial charge in [-0.3, -0.25) is 4.79 Å². The molecule has 1 amide bonds. The van der Waals surface area contributed by atoms with Gasteiger partial charge >= 0.3 is 0 Å². The average molecular weight is 418 g/mol. The highest BCUT2D eigenvalue weighted by molar-refractivity contribution is 6.31. The minimum atomic E-state index is -1.09. The highest BCUT2D eigenvalue weighted by Gasteiger charge is 2.49. The fraction of sp³-hybridized carbons (Fsp3) is 0.0800. The number of alkyl halides is 1. The summed E-state index contributed by atoms with van der Waals surface area (Å²) in [5, 5.41) is 2.89. The molecule has 142 valence electrons. The molecule has 0 aliphatic carbocycles. The Morgan fingerprint density at radius 2 is 1.48 bits per heavy atom. The number of hydrogen-bond donors (Lipinski definition) is 0. The molecule has 5 rings (SSSR count). The standard InChI is InChI=1S/C25H17Cl2NO/c26-20-14-12-19(13-15-20)25(27)23-11-4-3-10-22(23)24(29)28(25)16-18-8-5-7-17-6-1-2-9-21(17)18/h1-15H,16H2. The molecule has 0 N–H and O–H groups in total. The predicted octanol–water partition coefficient (Wildman–Crippen LogP) is 6.59. The predicted molar refractivity (Wildman–Crippen MR) is 118 cm³/mol. The quantitative estimate of drug-likeness (QED) is 0.272. The van der Waals surface area contributed by atoms with Crippen molar-refractivity contribution in [2.45, 2.75) is 11.5 Å². The van der Waals surface area contributed by atoms with Crippen molar-refractivity contribution in [3.63, 3.8) is 0 Å². The van der Waals surface area contributed by atoms with Crippen LogP contribution in [0.4, 0.5) is 0 Å². The number of nitrogens with zero attached hydrogens (tertiary/aromatic N) is 1. The van der Waals surface area contributed by atoms with Gasteiger partial charge in [0.15, 0.2) is 5.00 Å². The second-order valence-corrected chi connectivity index (χ2v) is 8.19. The SMILES string of the molecule is O=C1c2ccccc2C(Cl)(c2ccc(Cl)cc2)N1Cc1cccc2ccccc12. The third-order valence-electron chi connectivity index (χ3n) is 5.57. The van der Waals surface area contributed by atoms with E-state index >= 15 is 0 Å². The number of fused-ring (bicyclic) bond motifs is 2. The van der Waals surface area contributed by atoms with Gasteiger partial charge in [0.2, 0.25) is 0 Å². The van der Waals surface area contributed by atoms with Crippen molar-refractivity contribution >= 4 is 39.9 Å². The minimum absolute atomic E-state index is 0.0708. The molecule has 4 aromatic rings. The molecular weight excluding hydrogens is 401 g/mol. The molecule has 0 bridgehead atoms. The zero-order valence-corrected chi connectivity index (χ0v) is 17.0. The largest absolute Gasteiger partial charge is 0.307 e. The highest BCUT2D eigenvalue weighted by Crippen LogP contribution is 2.48. The van der Waals surface area contributed by atoms with Crippen molar-refractivity contribution in [1.29, 1.82) is 0 Å². The van der Waals surface area contributed by atoms with Gasteiger partial charge in [-0.05, 0) is 40.1 Å². The molecule has 0 saturated heterocycles. The molecule has 1 heterocycles. The van der Waals surface area contributed by atoms with Crippen LogP contribution in [0.3, 0.4) is 0 Å². The normalized spacial score (nSPS) is 18.3. The first-order valence-corrected chi connectivity index (χ1v) is 10.2. The van der Waals surface area contributed by atoms with Crippen LogP contribution in [0.5, 0.6) is 0 Å². The van der Waals surface area contributed by atoms with E-state index in [1.807, 2.05) is 66.7 Å². The summed E-state index contributed by atoms with van der Waals surface area (Å²) in [5.41, 5.74) is 3.32. The molecule has 1 aliphatic heterocycles. The fourth-order valence-corrected chi connectivity index (χ4v) is 4.71. The van der Waals surface area contributed by atoms with Gasteiger partial charge in [-0.1, -0.05) is 96.0 Å². The van der Waals surface area contributed by atoms with Crippen molar-refractivity contribution in [3.05, 3.63) is 118 Å². The molecule has 0 radical (unpaired) electrons. The first-order chi connectivity index (χ1) is 14.1. The maximum absolute atomic E-state index is 13.4. The van der Waals surface area contributed by atoms with E-state index in [1.54, 1.807) is 4.90 Å². The molecule has 1 atom stereocenters. The molecular formula is C25H17Cl2NO.